The third-order valence-electron chi connectivity index (χ3n) is 4.13. The van der Waals surface area contributed by atoms with Gasteiger partial charge in [0, 0.05) is 38.6 Å². The number of likely N-dealkylation sites (N-methyl/N-ethyl adjacent to an activating group) is 1. The van der Waals surface area contributed by atoms with Crippen molar-refractivity contribution in [2.75, 3.05) is 33.2 Å². The topological polar surface area (TPSA) is 44.4 Å². The van der Waals surface area contributed by atoms with E-state index in [2.05, 4.69) is 22.6 Å². The number of rotatable bonds is 4. The van der Waals surface area contributed by atoms with Crippen LogP contribution in [0.3, 0.4) is 0 Å². The van der Waals surface area contributed by atoms with Gasteiger partial charge in [0.15, 0.2) is 0 Å². The maximum Gasteiger partial charge on any atom is 0.221 e. The van der Waals surface area contributed by atoms with E-state index in [0.717, 1.165) is 32.1 Å². The molecule has 1 aliphatic heterocycles. The van der Waals surface area contributed by atoms with E-state index in [9.17, 15) is 4.79 Å². The van der Waals surface area contributed by atoms with Crippen LogP contribution in [0.25, 0.3) is 0 Å². The molecule has 2 aliphatic rings. The first-order valence-electron chi connectivity index (χ1n) is 6.93. The Bertz CT molecular complexity index is 251. The first-order valence-corrected chi connectivity index (χ1v) is 6.93. The van der Waals surface area contributed by atoms with Crippen molar-refractivity contribution in [2.45, 2.75) is 38.1 Å². The second-order valence-electron chi connectivity index (χ2n) is 5.50. The smallest absolute Gasteiger partial charge is 0.221 e. The Hall–Kier alpha value is -0.610. The second-order valence-corrected chi connectivity index (χ2v) is 5.50. The summed E-state index contributed by atoms with van der Waals surface area (Å²) in [4.78, 5) is 14.1. The van der Waals surface area contributed by atoms with Gasteiger partial charge in [-0.25, -0.2) is 0 Å². The molecule has 2 rings (SSSR count). The first-order chi connectivity index (χ1) is 8.25. The van der Waals surface area contributed by atoms with Crippen LogP contribution >= 0.6 is 0 Å². The van der Waals surface area contributed by atoms with Crippen LogP contribution in [-0.2, 0) is 4.79 Å². The van der Waals surface area contributed by atoms with Gasteiger partial charge in [0.2, 0.25) is 5.91 Å². The molecule has 0 aromatic heterocycles. The lowest BCUT2D eigenvalue weighted by Gasteiger charge is -2.32. The summed E-state index contributed by atoms with van der Waals surface area (Å²) in [7, 11) is 2.11. The lowest BCUT2D eigenvalue weighted by Crippen LogP contribution is -2.51. The number of carbonyl (C=O) groups is 1. The number of hydrogen-bond acceptors (Lipinski definition) is 3. The molecule has 0 spiro atoms. The van der Waals surface area contributed by atoms with E-state index >= 15 is 0 Å². The number of piperazine rings is 1. The zero-order chi connectivity index (χ0) is 12.1. The van der Waals surface area contributed by atoms with Crippen LogP contribution in [0.1, 0.15) is 32.1 Å². The monoisotopic (exact) mass is 239 g/mol. The normalized spacial score (nSPS) is 27.2. The minimum absolute atomic E-state index is 0.220. The number of carbonyl (C=O) groups excluding carboxylic acids is 1. The highest BCUT2D eigenvalue weighted by Gasteiger charge is 2.22. The molecule has 4 nitrogen and oxygen atoms in total. The summed E-state index contributed by atoms with van der Waals surface area (Å²) < 4.78 is 0. The van der Waals surface area contributed by atoms with Crippen LogP contribution in [-0.4, -0.2) is 50.1 Å². The van der Waals surface area contributed by atoms with Gasteiger partial charge in [0.1, 0.15) is 0 Å². The van der Waals surface area contributed by atoms with Gasteiger partial charge in [-0.1, -0.05) is 12.8 Å². The van der Waals surface area contributed by atoms with Crippen LogP contribution in [0, 0.1) is 5.92 Å². The van der Waals surface area contributed by atoms with Crippen LogP contribution in [0.2, 0.25) is 0 Å². The van der Waals surface area contributed by atoms with Crippen molar-refractivity contribution in [2.24, 2.45) is 5.92 Å². The molecular formula is C13H25N3O. The van der Waals surface area contributed by atoms with Gasteiger partial charge < -0.3 is 15.5 Å². The molecule has 1 amide bonds. The van der Waals surface area contributed by atoms with Crippen LogP contribution in [0.5, 0.6) is 0 Å². The molecule has 2 N–H and O–H groups in total. The second kappa shape index (κ2) is 6.36. The maximum atomic E-state index is 11.8. The predicted molar refractivity (Wildman–Crippen MR) is 68.9 cm³/mol. The van der Waals surface area contributed by atoms with E-state index < -0.39 is 0 Å². The largest absolute Gasteiger partial charge is 0.356 e. The van der Waals surface area contributed by atoms with E-state index in [1.807, 2.05) is 0 Å². The minimum Gasteiger partial charge on any atom is -0.356 e. The molecule has 1 atom stereocenters. The fourth-order valence-corrected chi connectivity index (χ4v) is 2.85. The average molecular weight is 239 g/mol. The predicted octanol–water partition coefficient (Wildman–Crippen LogP) is 0.586. The van der Waals surface area contributed by atoms with Crippen molar-refractivity contribution in [3.05, 3.63) is 0 Å². The average Bonchev–Trinajstić information content (AvgIpc) is 2.82. The molecule has 2 fully saturated rings. The Morgan fingerprint density at radius 2 is 2.18 bits per heavy atom. The third kappa shape index (κ3) is 3.96. The van der Waals surface area contributed by atoms with E-state index in [0.29, 0.717) is 12.5 Å². The maximum absolute atomic E-state index is 11.8. The summed E-state index contributed by atoms with van der Waals surface area (Å²) in [5.74, 6) is 0.957. The van der Waals surface area contributed by atoms with Gasteiger partial charge in [-0.2, -0.15) is 0 Å². The molecule has 1 aliphatic carbocycles. The number of amides is 1. The molecule has 0 radical (unpaired) electrons. The van der Waals surface area contributed by atoms with Gasteiger partial charge in [0.05, 0.1) is 0 Å². The SMILES string of the molecule is CN1CCNCC1CC(=O)NCC1CCCC1. The van der Waals surface area contributed by atoms with Gasteiger partial charge in [-0.05, 0) is 25.8 Å². The van der Waals surface area contributed by atoms with Crippen LogP contribution < -0.4 is 10.6 Å². The molecule has 98 valence electrons. The van der Waals surface area contributed by atoms with E-state index in [4.69, 9.17) is 0 Å². The summed E-state index contributed by atoms with van der Waals surface area (Å²) >= 11 is 0. The highest BCUT2D eigenvalue weighted by atomic mass is 16.1. The standard InChI is InChI=1S/C13H25N3O/c1-16-7-6-14-10-12(16)8-13(17)15-9-11-4-2-3-5-11/h11-12,14H,2-10H2,1H3,(H,15,17). The molecule has 0 aromatic carbocycles. The quantitative estimate of drug-likeness (QED) is 0.754. The highest BCUT2D eigenvalue weighted by molar-refractivity contribution is 5.76. The fourth-order valence-electron chi connectivity index (χ4n) is 2.85. The van der Waals surface area contributed by atoms with Gasteiger partial charge in [0.25, 0.3) is 0 Å². The molecule has 1 unspecified atom stereocenters. The van der Waals surface area contributed by atoms with E-state index in [-0.39, 0.29) is 5.91 Å². The van der Waals surface area contributed by atoms with E-state index in [1.54, 1.807) is 0 Å². The molecule has 17 heavy (non-hydrogen) atoms. The van der Waals surface area contributed by atoms with Crippen molar-refractivity contribution in [1.29, 1.82) is 0 Å². The molecule has 0 aromatic rings. The Morgan fingerprint density at radius 1 is 1.41 bits per heavy atom. The minimum atomic E-state index is 0.220. The third-order valence-corrected chi connectivity index (χ3v) is 4.13. The Balaban J connectivity index is 1.65. The number of nitrogens with zero attached hydrogens (tertiary/aromatic N) is 1. The summed E-state index contributed by atoms with van der Waals surface area (Å²) in [6.07, 6.45) is 5.91. The van der Waals surface area contributed by atoms with Gasteiger partial charge >= 0.3 is 0 Å². The molecule has 1 saturated heterocycles. The molecule has 4 heteroatoms. The molecule has 0 bridgehead atoms. The number of nitrogens with one attached hydrogen (secondary N) is 2. The van der Waals surface area contributed by atoms with Crippen molar-refractivity contribution >= 4 is 5.91 Å². The lowest BCUT2D eigenvalue weighted by molar-refractivity contribution is -0.122. The Morgan fingerprint density at radius 3 is 2.88 bits per heavy atom. The van der Waals surface area contributed by atoms with Crippen molar-refractivity contribution in [3.63, 3.8) is 0 Å². The lowest BCUT2D eigenvalue weighted by atomic mass is 10.1. The summed E-state index contributed by atoms with van der Waals surface area (Å²) in [6.45, 7) is 3.91. The fraction of sp³-hybridized carbons (Fsp3) is 0.923. The summed E-state index contributed by atoms with van der Waals surface area (Å²) in [5.41, 5.74) is 0. The van der Waals surface area contributed by atoms with Crippen molar-refractivity contribution in [1.82, 2.24) is 15.5 Å². The Kier molecular flexibility index (Phi) is 4.80. The molecule has 1 heterocycles. The first kappa shape index (κ1) is 12.8. The zero-order valence-corrected chi connectivity index (χ0v) is 10.9. The van der Waals surface area contributed by atoms with Gasteiger partial charge in [-0.15, -0.1) is 0 Å². The molecule has 1 saturated carbocycles. The molecular weight excluding hydrogens is 214 g/mol. The van der Waals surface area contributed by atoms with Gasteiger partial charge in [-0.3, -0.25) is 4.79 Å². The van der Waals surface area contributed by atoms with Crippen molar-refractivity contribution in [3.8, 4) is 0 Å². The van der Waals surface area contributed by atoms with Crippen LogP contribution in [0.15, 0.2) is 0 Å². The number of hydrogen-bond donors (Lipinski definition) is 2. The summed E-state index contributed by atoms with van der Waals surface area (Å²) in [6, 6.07) is 0.368. The Labute approximate surface area is 104 Å². The highest BCUT2D eigenvalue weighted by Crippen LogP contribution is 2.23. The summed E-state index contributed by atoms with van der Waals surface area (Å²) in [5, 5.41) is 6.45. The van der Waals surface area contributed by atoms with Crippen molar-refractivity contribution < 1.29 is 4.79 Å². The zero-order valence-electron chi connectivity index (χ0n) is 10.9. The van der Waals surface area contributed by atoms with E-state index in [1.165, 1.54) is 25.7 Å². The van der Waals surface area contributed by atoms with Crippen LogP contribution in [0.4, 0.5) is 0 Å².